The molecule has 1 aliphatic heterocycles. The second-order valence-corrected chi connectivity index (χ2v) is 6.77. The minimum atomic E-state index is -3.23. The van der Waals surface area contributed by atoms with Gasteiger partial charge < -0.3 is 4.74 Å². The Hall–Kier alpha value is -0.650. The van der Waals surface area contributed by atoms with E-state index in [4.69, 9.17) is 16.3 Å². The van der Waals surface area contributed by atoms with Crippen LogP contribution in [0.25, 0.3) is 0 Å². The van der Waals surface area contributed by atoms with Gasteiger partial charge in [-0.2, -0.15) is 0 Å². The Morgan fingerprint density at radius 3 is 3.00 bits per heavy atom. The average molecular weight is 276 g/mol. The minimum Gasteiger partial charge on any atom is -0.380 e. The van der Waals surface area contributed by atoms with Crippen LogP contribution in [0, 0.1) is 0 Å². The van der Waals surface area contributed by atoms with Crippen molar-refractivity contribution in [2.24, 2.45) is 0 Å². The molecule has 1 fully saturated rings. The van der Waals surface area contributed by atoms with Crippen molar-refractivity contribution in [1.82, 2.24) is 4.98 Å². The number of hydrogen-bond acceptors (Lipinski definition) is 4. The van der Waals surface area contributed by atoms with Gasteiger partial charge in [-0.1, -0.05) is 11.6 Å². The topological polar surface area (TPSA) is 56.3 Å². The second kappa shape index (κ2) is 5.33. The molecule has 17 heavy (non-hydrogen) atoms. The normalized spacial score (nSPS) is 21.4. The summed E-state index contributed by atoms with van der Waals surface area (Å²) in [5.41, 5.74) is 0.416. The molecule has 4 nitrogen and oxygen atoms in total. The van der Waals surface area contributed by atoms with Crippen LogP contribution in [0.15, 0.2) is 18.3 Å². The third-order valence-electron chi connectivity index (χ3n) is 2.80. The average Bonchev–Trinajstić information content (AvgIpc) is 2.33. The van der Waals surface area contributed by atoms with Crippen LogP contribution in [0.5, 0.6) is 0 Å². The monoisotopic (exact) mass is 275 g/mol. The van der Waals surface area contributed by atoms with E-state index in [1.54, 1.807) is 18.3 Å². The molecule has 1 aliphatic rings. The maximum absolute atomic E-state index is 12.1. The van der Waals surface area contributed by atoms with Crippen LogP contribution in [0.1, 0.15) is 18.5 Å². The Labute approximate surface area is 106 Å². The van der Waals surface area contributed by atoms with Crippen molar-refractivity contribution in [3.05, 3.63) is 29.0 Å². The number of sulfone groups is 1. The predicted molar refractivity (Wildman–Crippen MR) is 65.7 cm³/mol. The summed E-state index contributed by atoms with van der Waals surface area (Å²) in [5, 5.41) is -0.0258. The number of ether oxygens (including phenoxy) is 1. The quantitative estimate of drug-likeness (QED) is 0.844. The van der Waals surface area contributed by atoms with Gasteiger partial charge in [-0.05, 0) is 25.0 Å². The summed E-state index contributed by atoms with van der Waals surface area (Å²) in [4.78, 5) is 4.01. The molecular formula is C11H14ClNO3S. The summed E-state index contributed by atoms with van der Waals surface area (Å²) in [6.07, 6.45) is 3.00. The van der Waals surface area contributed by atoms with Gasteiger partial charge in [0.25, 0.3) is 0 Å². The highest BCUT2D eigenvalue weighted by Gasteiger charge is 2.29. The Kier molecular flexibility index (Phi) is 4.01. The van der Waals surface area contributed by atoms with E-state index >= 15 is 0 Å². The SMILES string of the molecule is O=S(=O)(Cc1ncccc1Cl)C1CCCOC1. The minimum absolute atomic E-state index is 0.110. The molecule has 2 heterocycles. The lowest BCUT2D eigenvalue weighted by Gasteiger charge is -2.22. The standard InChI is InChI=1S/C11H14ClNO3S/c12-10-4-1-5-13-11(10)8-17(14,15)9-3-2-6-16-7-9/h1,4-5,9H,2-3,6-8H2. The molecule has 1 atom stereocenters. The molecule has 0 N–H and O–H groups in total. The third kappa shape index (κ3) is 3.18. The van der Waals surface area contributed by atoms with Gasteiger partial charge >= 0.3 is 0 Å². The van der Waals surface area contributed by atoms with E-state index in [1.807, 2.05) is 0 Å². The molecule has 6 heteroatoms. The van der Waals surface area contributed by atoms with E-state index in [1.165, 1.54) is 0 Å². The zero-order valence-corrected chi connectivity index (χ0v) is 10.9. The van der Waals surface area contributed by atoms with Crippen molar-refractivity contribution < 1.29 is 13.2 Å². The van der Waals surface area contributed by atoms with E-state index in [2.05, 4.69) is 4.98 Å². The second-order valence-electron chi connectivity index (χ2n) is 4.08. The van der Waals surface area contributed by atoms with Crippen LogP contribution in [-0.2, 0) is 20.3 Å². The molecule has 0 bridgehead atoms. The largest absolute Gasteiger partial charge is 0.380 e. The number of halogens is 1. The first-order valence-corrected chi connectivity index (χ1v) is 7.57. The number of pyridine rings is 1. The van der Waals surface area contributed by atoms with Gasteiger partial charge in [-0.15, -0.1) is 0 Å². The lowest BCUT2D eigenvalue weighted by Crippen LogP contribution is -2.32. The van der Waals surface area contributed by atoms with E-state index in [0.29, 0.717) is 23.7 Å². The Morgan fingerprint density at radius 1 is 1.53 bits per heavy atom. The molecule has 0 saturated carbocycles. The summed E-state index contributed by atoms with van der Waals surface area (Å²) in [5.74, 6) is -0.110. The Morgan fingerprint density at radius 2 is 2.35 bits per heavy atom. The van der Waals surface area contributed by atoms with Crippen molar-refractivity contribution in [3.8, 4) is 0 Å². The van der Waals surface area contributed by atoms with Gasteiger partial charge in [0.05, 0.1) is 28.3 Å². The van der Waals surface area contributed by atoms with Crippen LogP contribution < -0.4 is 0 Å². The first-order chi connectivity index (χ1) is 8.09. The Bertz CT molecular complexity index is 483. The van der Waals surface area contributed by atoms with Crippen molar-refractivity contribution in [1.29, 1.82) is 0 Å². The molecule has 94 valence electrons. The third-order valence-corrected chi connectivity index (χ3v) is 5.21. The van der Waals surface area contributed by atoms with Crippen LogP contribution in [-0.4, -0.2) is 31.9 Å². The fourth-order valence-corrected chi connectivity index (χ4v) is 3.77. The summed E-state index contributed by atoms with van der Waals surface area (Å²) in [6, 6.07) is 3.33. The van der Waals surface area contributed by atoms with E-state index < -0.39 is 15.1 Å². The molecule has 0 radical (unpaired) electrons. The van der Waals surface area contributed by atoms with Gasteiger partial charge in [0.2, 0.25) is 0 Å². The first kappa shape index (κ1) is 12.8. The van der Waals surface area contributed by atoms with Gasteiger partial charge in [0, 0.05) is 12.8 Å². The van der Waals surface area contributed by atoms with Gasteiger partial charge in [-0.3, -0.25) is 4.98 Å². The molecular weight excluding hydrogens is 262 g/mol. The van der Waals surface area contributed by atoms with Gasteiger partial charge in [0.15, 0.2) is 9.84 Å². The Balaban J connectivity index is 2.14. The molecule has 0 aromatic carbocycles. The molecule has 0 spiro atoms. The summed E-state index contributed by atoms with van der Waals surface area (Å²) in [7, 11) is -3.23. The van der Waals surface area contributed by atoms with Gasteiger partial charge in [0.1, 0.15) is 0 Å². The van der Waals surface area contributed by atoms with Crippen molar-refractivity contribution in [3.63, 3.8) is 0 Å². The maximum Gasteiger partial charge on any atom is 0.161 e. The predicted octanol–water partition coefficient (Wildman–Crippen LogP) is 1.83. The molecule has 2 rings (SSSR count). The summed E-state index contributed by atoms with van der Waals surface area (Å²) < 4.78 is 29.5. The lowest BCUT2D eigenvalue weighted by molar-refractivity contribution is 0.0991. The molecule has 0 amide bonds. The number of rotatable bonds is 3. The van der Waals surface area contributed by atoms with Crippen LogP contribution in [0.2, 0.25) is 5.02 Å². The lowest BCUT2D eigenvalue weighted by atomic mass is 10.2. The van der Waals surface area contributed by atoms with Crippen molar-refractivity contribution >= 4 is 21.4 Å². The van der Waals surface area contributed by atoms with Crippen LogP contribution in [0.4, 0.5) is 0 Å². The van der Waals surface area contributed by atoms with Crippen molar-refractivity contribution in [2.75, 3.05) is 13.2 Å². The first-order valence-electron chi connectivity index (χ1n) is 5.48. The summed E-state index contributed by atoms with van der Waals surface area (Å²) in [6.45, 7) is 0.934. The zero-order chi connectivity index (χ0) is 12.3. The molecule has 1 unspecified atom stereocenters. The maximum atomic E-state index is 12.1. The number of nitrogens with zero attached hydrogens (tertiary/aromatic N) is 1. The van der Waals surface area contributed by atoms with E-state index in [0.717, 1.165) is 6.42 Å². The van der Waals surface area contributed by atoms with Crippen molar-refractivity contribution in [2.45, 2.75) is 23.8 Å². The molecule has 1 aromatic heterocycles. The fraction of sp³-hybridized carbons (Fsp3) is 0.545. The van der Waals surface area contributed by atoms with Crippen LogP contribution >= 0.6 is 11.6 Å². The fourth-order valence-electron chi connectivity index (χ4n) is 1.83. The number of aromatic nitrogens is 1. The highest BCUT2D eigenvalue weighted by molar-refractivity contribution is 7.91. The highest BCUT2D eigenvalue weighted by Crippen LogP contribution is 2.21. The molecule has 1 aromatic rings. The number of hydrogen-bond donors (Lipinski definition) is 0. The van der Waals surface area contributed by atoms with E-state index in [9.17, 15) is 8.42 Å². The zero-order valence-electron chi connectivity index (χ0n) is 9.30. The van der Waals surface area contributed by atoms with Gasteiger partial charge in [-0.25, -0.2) is 8.42 Å². The summed E-state index contributed by atoms with van der Waals surface area (Å²) >= 11 is 5.91. The molecule has 0 aliphatic carbocycles. The smallest absolute Gasteiger partial charge is 0.161 e. The van der Waals surface area contributed by atoms with E-state index in [-0.39, 0.29) is 12.4 Å². The highest BCUT2D eigenvalue weighted by atomic mass is 35.5. The van der Waals surface area contributed by atoms with Crippen LogP contribution in [0.3, 0.4) is 0 Å². The molecule has 1 saturated heterocycles.